The number of hydrogen-bond acceptors (Lipinski definition) is 4. The van der Waals surface area contributed by atoms with Gasteiger partial charge in [-0.15, -0.1) is 0 Å². The Morgan fingerprint density at radius 3 is 2.45 bits per heavy atom. The summed E-state index contributed by atoms with van der Waals surface area (Å²) in [6, 6.07) is 19.4. The zero-order chi connectivity index (χ0) is 20.1. The standard InChI is InChI=1S/C24H26FN3O/c1-29-23-8-6-21(7-9-23)28(22-11-13-26-14-12-22)17-18-10-15-27-24(16-18)19-2-4-20(25)5-3-19/h2-10,15-16,22,26H,11-14,17H2,1H3. The van der Waals surface area contributed by atoms with Gasteiger partial charge in [0.05, 0.1) is 12.8 Å². The van der Waals surface area contributed by atoms with Gasteiger partial charge in [-0.05, 0) is 92.2 Å². The molecule has 0 radical (unpaired) electrons. The van der Waals surface area contributed by atoms with Gasteiger partial charge in [0.1, 0.15) is 11.6 Å². The zero-order valence-corrected chi connectivity index (χ0v) is 16.6. The molecular weight excluding hydrogens is 365 g/mol. The molecule has 4 nitrogen and oxygen atoms in total. The van der Waals surface area contributed by atoms with Crippen molar-refractivity contribution in [1.82, 2.24) is 10.3 Å². The lowest BCUT2D eigenvalue weighted by atomic mass is 10.0. The quantitative estimate of drug-likeness (QED) is 0.663. The van der Waals surface area contributed by atoms with Gasteiger partial charge in [0.2, 0.25) is 0 Å². The number of anilines is 1. The van der Waals surface area contributed by atoms with E-state index in [1.165, 1.54) is 23.4 Å². The molecule has 1 fully saturated rings. The SMILES string of the molecule is COc1ccc(N(Cc2ccnc(-c3ccc(F)cc3)c2)C2CCNCC2)cc1. The van der Waals surface area contributed by atoms with Gasteiger partial charge in [-0.2, -0.15) is 0 Å². The highest BCUT2D eigenvalue weighted by atomic mass is 19.1. The number of aromatic nitrogens is 1. The first kappa shape index (κ1) is 19.4. The Labute approximate surface area is 171 Å². The van der Waals surface area contributed by atoms with Crippen LogP contribution in [0.1, 0.15) is 18.4 Å². The number of nitrogens with zero attached hydrogens (tertiary/aromatic N) is 2. The third-order valence-corrected chi connectivity index (χ3v) is 5.47. The zero-order valence-electron chi connectivity index (χ0n) is 16.6. The lowest BCUT2D eigenvalue weighted by Crippen LogP contribution is -2.43. The third-order valence-electron chi connectivity index (χ3n) is 5.47. The highest BCUT2D eigenvalue weighted by Gasteiger charge is 2.22. The van der Waals surface area contributed by atoms with Gasteiger partial charge in [0.25, 0.3) is 0 Å². The van der Waals surface area contributed by atoms with E-state index >= 15 is 0 Å². The van der Waals surface area contributed by atoms with Crippen LogP contribution in [0.15, 0.2) is 66.9 Å². The molecule has 5 heteroatoms. The molecule has 29 heavy (non-hydrogen) atoms. The second-order valence-electron chi connectivity index (χ2n) is 7.36. The molecule has 150 valence electrons. The number of nitrogens with one attached hydrogen (secondary N) is 1. The number of pyridine rings is 1. The fourth-order valence-corrected chi connectivity index (χ4v) is 3.87. The van der Waals surface area contributed by atoms with E-state index in [2.05, 4.69) is 39.5 Å². The van der Waals surface area contributed by atoms with Gasteiger partial charge < -0.3 is 15.0 Å². The van der Waals surface area contributed by atoms with E-state index in [-0.39, 0.29) is 5.82 Å². The number of hydrogen-bond donors (Lipinski definition) is 1. The predicted octanol–water partition coefficient (Wildman–Crippen LogP) is 4.65. The smallest absolute Gasteiger partial charge is 0.123 e. The number of ether oxygens (including phenoxy) is 1. The van der Waals surface area contributed by atoms with Crippen LogP contribution in [0, 0.1) is 5.82 Å². The van der Waals surface area contributed by atoms with Crippen molar-refractivity contribution < 1.29 is 9.13 Å². The molecule has 0 amide bonds. The molecule has 0 unspecified atom stereocenters. The number of methoxy groups -OCH3 is 1. The van der Waals surface area contributed by atoms with Gasteiger partial charge >= 0.3 is 0 Å². The van der Waals surface area contributed by atoms with Gasteiger partial charge in [0.15, 0.2) is 0 Å². The molecule has 0 atom stereocenters. The minimum absolute atomic E-state index is 0.235. The minimum atomic E-state index is -0.235. The molecule has 0 spiro atoms. The summed E-state index contributed by atoms with van der Waals surface area (Å²) in [5.41, 5.74) is 4.17. The highest BCUT2D eigenvalue weighted by molar-refractivity contribution is 5.60. The van der Waals surface area contributed by atoms with Crippen molar-refractivity contribution in [3.63, 3.8) is 0 Å². The van der Waals surface area contributed by atoms with E-state index in [0.29, 0.717) is 6.04 Å². The van der Waals surface area contributed by atoms with Crippen LogP contribution >= 0.6 is 0 Å². The molecule has 3 aromatic rings. The number of piperidine rings is 1. The van der Waals surface area contributed by atoms with Crippen molar-refractivity contribution in [3.05, 3.63) is 78.2 Å². The van der Waals surface area contributed by atoms with E-state index < -0.39 is 0 Å². The first-order chi connectivity index (χ1) is 14.2. The topological polar surface area (TPSA) is 37.4 Å². The normalized spacial score (nSPS) is 14.6. The summed E-state index contributed by atoms with van der Waals surface area (Å²) in [6.45, 7) is 2.87. The molecule has 1 N–H and O–H groups in total. The summed E-state index contributed by atoms with van der Waals surface area (Å²) >= 11 is 0. The van der Waals surface area contributed by atoms with Crippen LogP contribution in [-0.2, 0) is 6.54 Å². The lowest BCUT2D eigenvalue weighted by molar-refractivity contribution is 0.413. The maximum atomic E-state index is 13.3. The van der Waals surface area contributed by atoms with E-state index in [1.54, 1.807) is 19.2 Å². The largest absolute Gasteiger partial charge is 0.497 e. The first-order valence-corrected chi connectivity index (χ1v) is 10.1. The second-order valence-corrected chi connectivity index (χ2v) is 7.36. The molecule has 1 saturated heterocycles. The number of rotatable bonds is 6. The Morgan fingerprint density at radius 1 is 1.03 bits per heavy atom. The number of benzene rings is 2. The molecule has 0 saturated carbocycles. The first-order valence-electron chi connectivity index (χ1n) is 10.1. The molecule has 1 aliphatic rings. The summed E-state index contributed by atoms with van der Waals surface area (Å²) in [6.07, 6.45) is 4.06. The summed E-state index contributed by atoms with van der Waals surface area (Å²) in [7, 11) is 1.69. The molecule has 2 heterocycles. The maximum absolute atomic E-state index is 13.3. The average Bonchev–Trinajstić information content (AvgIpc) is 2.79. The lowest BCUT2D eigenvalue weighted by Gasteiger charge is -2.36. The van der Waals surface area contributed by atoms with E-state index in [4.69, 9.17) is 4.74 Å². The highest BCUT2D eigenvalue weighted by Crippen LogP contribution is 2.27. The third kappa shape index (κ3) is 4.74. The van der Waals surface area contributed by atoms with Crippen molar-refractivity contribution in [2.24, 2.45) is 0 Å². The van der Waals surface area contributed by atoms with Crippen LogP contribution in [-0.4, -0.2) is 31.2 Å². The summed E-state index contributed by atoms with van der Waals surface area (Å²) < 4.78 is 18.6. The fourth-order valence-electron chi connectivity index (χ4n) is 3.87. The Kier molecular flexibility index (Phi) is 6.06. The van der Waals surface area contributed by atoms with E-state index in [0.717, 1.165) is 49.5 Å². The molecule has 1 aliphatic heterocycles. The Hall–Kier alpha value is -2.92. The van der Waals surface area contributed by atoms with Gasteiger partial charge in [-0.1, -0.05) is 0 Å². The van der Waals surface area contributed by atoms with Gasteiger partial charge in [-0.25, -0.2) is 4.39 Å². The Morgan fingerprint density at radius 2 is 1.76 bits per heavy atom. The average molecular weight is 391 g/mol. The monoisotopic (exact) mass is 391 g/mol. The van der Waals surface area contributed by atoms with Crippen LogP contribution in [0.25, 0.3) is 11.3 Å². The van der Waals surface area contributed by atoms with Gasteiger partial charge in [0, 0.05) is 30.0 Å². The van der Waals surface area contributed by atoms with Crippen molar-refractivity contribution >= 4 is 5.69 Å². The summed E-state index contributed by atoms with van der Waals surface area (Å²) in [5.74, 6) is 0.628. The summed E-state index contributed by atoms with van der Waals surface area (Å²) in [5, 5.41) is 3.45. The van der Waals surface area contributed by atoms with E-state index in [1.807, 2.05) is 18.3 Å². The van der Waals surface area contributed by atoms with Crippen LogP contribution < -0.4 is 15.0 Å². The van der Waals surface area contributed by atoms with Crippen LogP contribution in [0.4, 0.5) is 10.1 Å². The van der Waals surface area contributed by atoms with Crippen LogP contribution in [0.5, 0.6) is 5.75 Å². The van der Waals surface area contributed by atoms with Crippen molar-refractivity contribution in [1.29, 1.82) is 0 Å². The summed E-state index contributed by atoms with van der Waals surface area (Å²) in [4.78, 5) is 6.96. The molecule has 1 aromatic heterocycles. The molecule has 2 aromatic carbocycles. The Bertz CT molecular complexity index is 922. The molecule has 4 rings (SSSR count). The molecule has 0 bridgehead atoms. The van der Waals surface area contributed by atoms with E-state index in [9.17, 15) is 4.39 Å². The Balaban J connectivity index is 1.61. The number of halogens is 1. The van der Waals surface area contributed by atoms with Gasteiger partial charge in [-0.3, -0.25) is 4.98 Å². The van der Waals surface area contributed by atoms with Crippen molar-refractivity contribution in [3.8, 4) is 17.0 Å². The van der Waals surface area contributed by atoms with Crippen molar-refractivity contribution in [2.45, 2.75) is 25.4 Å². The second kappa shape index (κ2) is 9.05. The van der Waals surface area contributed by atoms with Crippen LogP contribution in [0.2, 0.25) is 0 Å². The fraction of sp³-hybridized carbons (Fsp3) is 0.292. The molecular formula is C24H26FN3O. The minimum Gasteiger partial charge on any atom is -0.497 e. The van der Waals surface area contributed by atoms with Crippen molar-refractivity contribution in [2.75, 3.05) is 25.1 Å². The predicted molar refractivity (Wildman–Crippen MR) is 115 cm³/mol. The maximum Gasteiger partial charge on any atom is 0.123 e. The molecule has 0 aliphatic carbocycles. The van der Waals surface area contributed by atoms with Crippen LogP contribution in [0.3, 0.4) is 0 Å².